The van der Waals surface area contributed by atoms with Gasteiger partial charge in [0.05, 0.1) is 19.7 Å². The van der Waals surface area contributed by atoms with Gasteiger partial charge in [0.2, 0.25) is 0 Å². The first-order chi connectivity index (χ1) is 9.72. The summed E-state index contributed by atoms with van der Waals surface area (Å²) < 4.78 is 11.0. The van der Waals surface area contributed by atoms with Crippen LogP contribution in [0.1, 0.15) is 23.3 Å². The monoisotopic (exact) mass is 277 g/mol. The van der Waals surface area contributed by atoms with Gasteiger partial charge in [0.1, 0.15) is 17.6 Å². The van der Waals surface area contributed by atoms with Crippen LogP contribution in [-0.2, 0) is 9.47 Å². The van der Waals surface area contributed by atoms with Crippen molar-refractivity contribution in [2.45, 2.75) is 18.4 Å². The SMILES string of the molecule is COCCC1COC2(C1)CN(C(=O)c1ccncn1)C2. The van der Waals surface area contributed by atoms with Gasteiger partial charge >= 0.3 is 0 Å². The van der Waals surface area contributed by atoms with Crippen LogP contribution in [0.2, 0.25) is 0 Å². The molecule has 3 rings (SSSR count). The van der Waals surface area contributed by atoms with Crippen molar-refractivity contribution in [3.05, 3.63) is 24.3 Å². The Balaban J connectivity index is 1.53. The summed E-state index contributed by atoms with van der Waals surface area (Å²) in [6.07, 6.45) is 5.03. The van der Waals surface area contributed by atoms with Crippen LogP contribution in [0, 0.1) is 5.92 Å². The van der Waals surface area contributed by atoms with Crippen LogP contribution < -0.4 is 0 Å². The molecule has 6 nitrogen and oxygen atoms in total. The minimum Gasteiger partial charge on any atom is -0.385 e. The third-order valence-electron chi connectivity index (χ3n) is 4.06. The van der Waals surface area contributed by atoms with E-state index in [2.05, 4.69) is 9.97 Å². The van der Waals surface area contributed by atoms with Gasteiger partial charge in [-0.15, -0.1) is 0 Å². The molecule has 0 N–H and O–H groups in total. The lowest BCUT2D eigenvalue weighted by Gasteiger charge is -2.47. The maximum atomic E-state index is 12.2. The number of ether oxygens (including phenoxy) is 2. The fourth-order valence-corrected chi connectivity index (χ4v) is 3.00. The van der Waals surface area contributed by atoms with Crippen molar-refractivity contribution in [3.8, 4) is 0 Å². The average molecular weight is 277 g/mol. The molecule has 1 aromatic rings. The fraction of sp³-hybridized carbons (Fsp3) is 0.643. The Morgan fingerprint density at radius 2 is 2.45 bits per heavy atom. The maximum Gasteiger partial charge on any atom is 0.272 e. The highest BCUT2D eigenvalue weighted by molar-refractivity contribution is 5.92. The molecule has 1 unspecified atom stereocenters. The molecule has 1 amide bonds. The van der Waals surface area contributed by atoms with E-state index in [4.69, 9.17) is 9.47 Å². The number of rotatable bonds is 4. The molecule has 108 valence electrons. The Morgan fingerprint density at radius 1 is 1.60 bits per heavy atom. The second-order valence-corrected chi connectivity index (χ2v) is 5.60. The molecule has 20 heavy (non-hydrogen) atoms. The van der Waals surface area contributed by atoms with E-state index in [0.717, 1.165) is 26.1 Å². The summed E-state index contributed by atoms with van der Waals surface area (Å²) in [6, 6.07) is 1.64. The van der Waals surface area contributed by atoms with Crippen LogP contribution in [0.25, 0.3) is 0 Å². The molecular formula is C14H19N3O3. The number of amides is 1. The molecule has 2 aliphatic heterocycles. The van der Waals surface area contributed by atoms with E-state index in [-0.39, 0.29) is 11.5 Å². The predicted molar refractivity (Wildman–Crippen MR) is 71.2 cm³/mol. The molecular weight excluding hydrogens is 258 g/mol. The van der Waals surface area contributed by atoms with Crippen LogP contribution in [0.5, 0.6) is 0 Å². The zero-order valence-corrected chi connectivity index (χ0v) is 11.6. The third-order valence-corrected chi connectivity index (χ3v) is 4.06. The number of methoxy groups -OCH3 is 1. The Morgan fingerprint density at radius 3 is 3.15 bits per heavy atom. The zero-order chi connectivity index (χ0) is 14.0. The molecule has 1 aromatic heterocycles. The fourth-order valence-electron chi connectivity index (χ4n) is 3.00. The summed E-state index contributed by atoms with van der Waals surface area (Å²) in [5.74, 6) is 0.508. The molecule has 2 fully saturated rings. The number of hydrogen-bond acceptors (Lipinski definition) is 5. The smallest absolute Gasteiger partial charge is 0.272 e. The van der Waals surface area contributed by atoms with Crippen LogP contribution >= 0.6 is 0 Å². The summed E-state index contributed by atoms with van der Waals surface area (Å²) in [4.78, 5) is 21.8. The Hall–Kier alpha value is -1.53. The van der Waals surface area contributed by atoms with Gasteiger partial charge in [-0.3, -0.25) is 4.79 Å². The highest BCUT2D eigenvalue weighted by Gasteiger charge is 2.51. The molecule has 3 heterocycles. The minimum absolute atomic E-state index is 0.0398. The van der Waals surface area contributed by atoms with E-state index in [1.54, 1.807) is 24.3 Å². The zero-order valence-electron chi connectivity index (χ0n) is 11.6. The average Bonchev–Trinajstić information content (AvgIpc) is 2.88. The van der Waals surface area contributed by atoms with Crippen molar-refractivity contribution in [2.75, 3.05) is 33.4 Å². The third kappa shape index (κ3) is 2.53. The van der Waals surface area contributed by atoms with Gasteiger partial charge in [0.15, 0.2) is 0 Å². The van der Waals surface area contributed by atoms with E-state index in [1.165, 1.54) is 6.33 Å². The Kier molecular flexibility index (Phi) is 3.67. The molecule has 0 aromatic carbocycles. The highest BCUT2D eigenvalue weighted by atomic mass is 16.5. The van der Waals surface area contributed by atoms with Crippen molar-refractivity contribution < 1.29 is 14.3 Å². The molecule has 6 heteroatoms. The number of carbonyl (C=O) groups excluding carboxylic acids is 1. The van der Waals surface area contributed by atoms with Crippen molar-refractivity contribution in [1.82, 2.24) is 14.9 Å². The lowest BCUT2D eigenvalue weighted by atomic mass is 9.86. The Labute approximate surface area is 118 Å². The summed E-state index contributed by atoms with van der Waals surface area (Å²) in [5.41, 5.74) is 0.324. The van der Waals surface area contributed by atoms with Crippen LogP contribution in [-0.4, -0.2) is 59.8 Å². The molecule has 0 radical (unpaired) electrons. The lowest BCUT2D eigenvalue weighted by molar-refractivity contribution is -0.0952. The quantitative estimate of drug-likeness (QED) is 0.812. The first-order valence-corrected chi connectivity index (χ1v) is 6.91. The van der Waals surface area contributed by atoms with Crippen molar-refractivity contribution in [2.24, 2.45) is 5.92 Å². The number of aromatic nitrogens is 2. The summed E-state index contributed by atoms with van der Waals surface area (Å²) in [7, 11) is 1.72. The second kappa shape index (κ2) is 5.46. The molecule has 0 saturated carbocycles. The van der Waals surface area contributed by atoms with E-state index in [9.17, 15) is 4.79 Å². The van der Waals surface area contributed by atoms with Gasteiger partial charge in [-0.1, -0.05) is 0 Å². The van der Waals surface area contributed by atoms with Gasteiger partial charge < -0.3 is 14.4 Å². The minimum atomic E-state index is -0.124. The first-order valence-electron chi connectivity index (χ1n) is 6.91. The van der Waals surface area contributed by atoms with Crippen LogP contribution in [0.4, 0.5) is 0 Å². The van der Waals surface area contributed by atoms with Gasteiger partial charge in [-0.2, -0.15) is 0 Å². The molecule has 0 bridgehead atoms. The number of hydrogen-bond donors (Lipinski definition) is 0. The summed E-state index contributed by atoms with van der Waals surface area (Å²) >= 11 is 0. The van der Waals surface area contributed by atoms with E-state index in [1.807, 2.05) is 0 Å². The first kappa shape index (κ1) is 13.5. The number of carbonyl (C=O) groups is 1. The molecule has 1 atom stereocenters. The molecule has 2 aliphatic rings. The van der Waals surface area contributed by atoms with Gasteiger partial charge in [0, 0.05) is 19.9 Å². The van der Waals surface area contributed by atoms with Crippen LogP contribution in [0.3, 0.4) is 0 Å². The lowest BCUT2D eigenvalue weighted by Crippen LogP contribution is -2.63. The number of nitrogens with zero attached hydrogens (tertiary/aromatic N) is 3. The summed E-state index contributed by atoms with van der Waals surface area (Å²) in [6.45, 7) is 2.88. The van der Waals surface area contributed by atoms with Gasteiger partial charge in [-0.25, -0.2) is 9.97 Å². The van der Waals surface area contributed by atoms with E-state index < -0.39 is 0 Å². The molecule has 0 aliphatic carbocycles. The number of likely N-dealkylation sites (tertiary alicyclic amines) is 1. The van der Waals surface area contributed by atoms with Crippen molar-refractivity contribution in [3.63, 3.8) is 0 Å². The summed E-state index contributed by atoms with van der Waals surface area (Å²) in [5, 5.41) is 0. The maximum absolute atomic E-state index is 12.2. The standard InChI is InChI=1S/C14H19N3O3/c1-19-5-3-11-6-14(20-7-11)8-17(9-14)13(18)12-2-4-15-10-16-12/h2,4,10-11H,3,5-9H2,1H3. The highest BCUT2D eigenvalue weighted by Crippen LogP contribution is 2.39. The molecule has 2 saturated heterocycles. The van der Waals surface area contributed by atoms with Crippen molar-refractivity contribution in [1.29, 1.82) is 0 Å². The van der Waals surface area contributed by atoms with Crippen molar-refractivity contribution >= 4 is 5.91 Å². The predicted octanol–water partition coefficient (Wildman–Crippen LogP) is 0.744. The van der Waals surface area contributed by atoms with Gasteiger partial charge in [0.25, 0.3) is 5.91 Å². The van der Waals surface area contributed by atoms with Gasteiger partial charge in [-0.05, 0) is 24.8 Å². The topological polar surface area (TPSA) is 64.6 Å². The van der Waals surface area contributed by atoms with E-state index >= 15 is 0 Å². The normalized spacial score (nSPS) is 23.9. The second-order valence-electron chi connectivity index (χ2n) is 5.60. The molecule has 1 spiro atoms. The largest absolute Gasteiger partial charge is 0.385 e. The Bertz CT molecular complexity index is 474. The van der Waals surface area contributed by atoms with Crippen LogP contribution in [0.15, 0.2) is 18.6 Å². The van der Waals surface area contributed by atoms with E-state index in [0.29, 0.717) is 24.7 Å².